The Morgan fingerprint density at radius 1 is 1.03 bits per heavy atom. The topological polar surface area (TPSA) is 106 Å². The average molecular weight is 540 g/mol. The van der Waals surface area contributed by atoms with Gasteiger partial charge >= 0.3 is 0 Å². The summed E-state index contributed by atoms with van der Waals surface area (Å²) in [7, 11) is -3.77. The van der Waals surface area contributed by atoms with E-state index in [1.165, 1.54) is 4.31 Å². The molecule has 5 rings (SSSR count). The van der Waals surface area contributed by atoms with Gasteiger partial charge in [-0.1, -0.05) is 23.7 Å². The van der Waals surface area contributed by atoms with Crippen LogP contribution >= 0.6 is 11.6 Å². The van der Waals surface area contributed by atoms with E-state index in [0.29, 0.717) is 46.3 Å². The molecule has 2 aromatic carbocycles. The van der Waals surface area contributed by atoms with Crippen molar-refractivity contribution in [2.45, 2.75) is 25.7 Å². The first-order valence-electron chi connectivity index (χ1n) is 11.8. The molecule has 0 aliphatic carbocycles. The summed E-state index contributed by atoms with van der Waals surface area (Å²) < 4.78 is 35.4. The van der Waals surface area contributed by atoms with Crippen molar-refractivity contribution in [2.24, 2.45) is 0 Å². The molecule has 1 N–H and O–H groups in total. The van der Waals surface area contributed by atoms with Crippen LogP contribution in [0.4, 0.5) is 5.69 Å². The molecule has 1 saturated heterocycles. The molecule has 11 heteroatoms. The van der Waals surface area contributed by atoms with E-state index in [2.05, 4.69) is 15.4 Å². The van der Waals surface area contributed by atoms with Gasteiger partial charge in [0.05, 0.1) is 23.7 Å². The molecule has 1 aliphatic heterocycles. The highest BCUT2D eigenvalue weighted by molar-refractivity contribution is 7.89. The first-order chi connectivity index (χ1) is 17.6. The van der Waals surface area contributed by atoms with Gasteiger partial charge in [0.1, 0.15) is 0 Å². The van der Waals surface area contributed by atoms with Crippen LogP contribution in [0.5, 0.6) is 0 Å². The number of hydrogen-bond donors (Lipinski definition) is 1. The highest BCUT2D eigenvalue weighted by atomic mass is 35.5. The zero-order valence-electron chi connectivity index (χ0n) is 20.7. The van der Waals surface area contributed by atoms with Crippen molar-refractivity contribution in [1.82, 2.24) is 18.9 Å². The summed E-state index contributed by atoms with van der Waals surface area (Å²) in [6.45, 7) is 6.78. The average Bonchev–Trinajstić information content (AvgIpc) is 3.26. The normalized spacial score (nSPS) is 14.7. The fraction of sp³-hybridized carbons (Fsp3) is 0.269. The Balaban J connectivity index is 1.66. The molecule has 4 aromatic rings. The van der Waals surface area contributed by atoms with Gasteiger partial charge in [-0.25, -0.2) is 17.9 Å². The Hall–Kier alpha value is -3.31. The maximum Gasteiger partial charge on any atom is 0.276 e. The molecule has 1 aliphatic rings. The van der Waals surface area contributed by atoms with Crippen LogP contribution in [0.25, 0.3) is 16.8 Å². The van der Waals surface area contributed by atoms with E-state index in [-0.39, 0.29) is 23.7 Å². The number of anilines is 1. The van der Waals surface area contributed by atoms with Gasteiger partial charge in [-0.2, -0.15) is 9.40 Å². The standard InChI is InChI=1S/C26H26ClN5O4S/c1-16-4-5-19(15-22(16)37(34,35)31-10-12-36-13-11-31)23-24(26(33)29-21-8-6-20(27)7-9-21)30-32-18(3)14-17(2)28-25(23)32/h4-9,14-15H,10-13H2,1-3H3,(H,29,33). The van der Waals surface area contributed by atoms with Gasteiger partial charge in [-0.15, -0.1) is 0 Å². The van der Waals surface area contributed by atoms with Crippen molar-refractivity contribution >= 4 is 38.9 Å². The Morgan fingerprint density at radius 3 is 2.43 bits per heavy atom. The van der Waals surface area contributed by atoms with Gasteiger partial charge in [0.25, 0.3) is 5.91 Å². The number of fused-ring (bicyclic) bond motifs is 1. The van der Waals surface area contributed by atoms with Crippen LogP contribution in [0.15, 0.2) is 53.4 Å². The van der Waals surface area contributed by atoms with Crippen LogP contribution in [0.3, 0.4) is 0 Å². The Bertz CT molecular complexity index is 1610. The number of carbonyl (C=O) groups is 1. The number of aryl methyl sites for hydroxylation is 3. The Morgan fingerprint density at radius 2 is 1.73 bits per heavy atom. The summed E-state index contributed by atoms with van der Waals surface area (Å²) in [4.78, 5) is 18.3. The molecule has 1 fully saturated rings. The zero-order chi connectivity index (χ0) is 26.3. The predicted octanol–water partition coefficient (Wildman–Crippen LogP) is 4.25. The van der Waals surface area contributed by atoms with Crippen LogP contribution in [0.2, 0.25) is 5.02 Å². The lowest BCUT2D eigenvalue weighted by molar-refractivity contribution is 0.0730. The minimum absolute atomic E-state index is 0.134. The van der Waals surface area contributed by atoms with Crippen LogP contribution in [-0.2, 0) is 14.8 Å². The van der Waals surface area contributed by atoms with Crippen LogP contribution < -0.4 is 5.32 Å². The number of nitrogens with zero attached hydrogens (tertiary/aromatic N) is 4. The van der Waals surface area contributed by atoms with Gasteiger partial charge in [0.2, 0.25) is 10.0 Å². The van der Waals surface area contributed by atoms with Crippen LogP contribution in [0.1, 0.15) is 27.4 Å². The number of ether oxygens (including phenoxy) is 1. The number of aromatic nitrogens is 3. The first kappa shape index (κ1) is 25.3. The van der Waals surface area contributed by atoms with Crippen molar-refractivity contribution in [2.75, 3.05) is 31.6 Å². The van der Waals surface area contributed by atoms with Gasteiger partial charge in [0, 0.05) is 35.2 Å². The summed E-state index contributed by atoms with van der Waals surface area (Å²) in [6.07, 6.45) is 0. The van der Waals surface area contributed by atoms with Crippen molar-refractivity contribution in [3.63, 3.8) is 0 Å². The van der Waals surface area contributed by atoms with E-state index in [4.69, 9.17) is 16.3 Å². The molecule has 0 unspecified atom stereocenters. The number of nitrogens with one attached hydrogen (secondary N) is 1. The summed E-state index contributed by atoms with van der Waals surface area (Å²) in [5, 5.41) is 8.00. The van der Waals surface area contributed by atoms with Gasteiger partial charge in [-0.05, 0) is 68.3 Å². The number of sulfonamides is 1. The molecule has 2 aromatic heterocycles. The fourth-order valence-electron chi connectivity index (χ4n) is 4.43. The summed E-state index contributed by atoms with van der Waals surface area (Å²) in [5.41, 5.74) is 4.30. The largest absolute Gasteiger partial charge is 0.379 e. The molecule has 0 bridgehead atoms. The third kappa shape index (κ3) is 4.85. The summed E-state index contributed by atoms with van der Waals surface area (Å²) in [5.74, 6) is -0.446. The molecule has 0 saturated carbocycles. The molecule has 0 spiro atoms. The summed E-state index contributed by atoms with van der Waals surface area (Å²) in [6, 6.07) is 13.8. The molecule has 3 heterocycles. The predicted molar refractivity (Wildman–Crippen MR) is 142 cm³/mol. The maximum absolute atomic E-state index is 13.5. The number of halogens is 1. The van der Waals surface area contributed by atoms with E-state index in [9.17, 15) is 13.2 Å². The Labute approximate surface area is 220 Å². The first-order valence-corrected chi connectivity index (χ1v) is 13.6. The highest BCUT2D eigenvalue weighted by Gasteiger charge is 2.30. The number of amides is 1. The quantitative estimate of drug-likeness (QED) is 0.406. The second kappa shape index (κ2) is 9.86. The van der Waals surface area contributed by atoms with E-state index >= 15 is 0 Å². The number of benzene rings is 2. The zero-order valence-corrected chi connectivity index (χ0v) is 22.2. The van der Waals surface area contributed by atoms with Crippen molar-refractivity contribution in [1.29, 1.82) is 0 Å². The van der Waals surface area contributed by atoms with E-state index in [1.807, 2.05) is 19.9 Å². The van der Waals surface area contributed by atoms with Crippen LogP contribution in [-0.4, -0.2) is 59.5 Å². The second-order valence-electron chi connectivity index (χ2n) is 8.96. The molecule has 0 radical (unpaired) electrons. The highest BCUT2D eigenvalue weighted by Crippen LogP contribution is 2.33. The minimum atomic E-state index is -3.77. The molecule has 1 amide bonds. The van der Waals surface area contributed by atoms with E-state index < -0.39 is 15.9 Å². The van der Waals surface area contributed by atoms with Gasteiger partial charge in [0.15, 0.2) is 11.3 Å². The van der Waals surface area contributed by atoms with E-state index in [1.54, 1.807) is 53.9 Å². The number of carbonyl (C=O) groups excluding carboxylic acids is 1. The molecular weight excluding hydrogens is 514 g/mol. The SMILES string of the molecule is Cc1cc(C)n2nc(C(=O)Nc3ccc(Cl)cc3)c(-c3ccc(C)c(S(=O)(=O)N4CCOCC4)c3)c2n1. The number of hydrogen-bond acceptors (Lipinski definition) is 6. The molecule has 37 heavy (non-hydrogen) atoms. The smallest absolute Gasteiger partial charge is 0.276 e. The van der Waals surface area contributed by atoms with E-state index in [0.717, 1.165) is 11.4 Å². The van der Waals surface area contributed by atoms with Gasteiger partial charge in [-0.3, -0.25) is 4.79 Å². The van der Waals surface area contributed by atoms with Crippen molar-refractivity contribution < 1.29 is 17.9 Å². The second-order valence-corrected chi connectivity index (χ2v) is 11.3. The molecular formula is C26H26ClN5O4S. The maximum atomic E-state index is 13.5. The van der Waals surface area contributed by atoms with Crippen molar-refractivity contribution in [3.05, 3.63) is 76.2 Å². The monoisotopic (exact) mass is 539 g/mol. The fourth-order valence-corrected chi connectivity index (χ4v) is 6.21. The molecule has 9 nitrogen and oxygen atoms in total. The lowest BCUT2D eigenvalue weighted by Gasteiger charge is -2.26. The molecule has 192 valence electrons. The minimum Gasteiger partial charge on any atom is -0.379 e. The van der Waals surface area contributed by atoms with Gasteiger partial charge < -0.3 is 10.1 Å². The van der Waals surface area contributed by atoms with Crippen molar-refractivity contribution in [3.8, 4) is 11.1 Å². The third-order valence-corrected chi connectivity index (χ3v) is 8.57. The summed E-state index contributed by atoms with van der Waals surface area (Å²) >= 11 is 5.98. The van der Waals surface area contributed by atoms with Crippen LogP contribution in [0, 0.1) is 20.8 Å². The molecule has 0 atom stereocenters. The third-order valence-electron chi connectivity index (χ3n) is 6.28. The lowest BCUT2D eigenvalue weighted by Crippen LogP contribution is -2.40. The lowest BCUT2D eigenvalue weighted by atomic mass is 10.0. The number of morpholine rings is 1. The number of rotatable bonds is 5. The Kier molecular flexibility index (Phi) is 6.76.